The molecule has 14 heavy (non-hydrogen) atoms. The van der Waals surface area contributed by atoms with Crippen molar-refractivity contribution in [2.24, 2.45) is 0 Å². The molecule has 0 aliphatic carbocycles. The van der Waals surface area contributed by atoms with Gasteiger partial charge in [0, 0.05) is 12.2 Å². The molecule has 0 aromatic carbocycles. The fourth-order valence-electron chi connectivity index (χ4n) is 0.398. The Labute approximate surface area is 85.2 Å². The van der Waals surface area contributed by atoms with Crippen molar-refractivity contribution in [1.29, 1.82) is 0 Å². The van der Waals surface area contributed by atoms with E-state index in [-0.39, 0.29) is 11.7 Å². The third-order valence-electron chi connectivity index (χ3n) is 1.07. The second-order valence-corrected chi connectivity index (χ2v) is 3.01. The summed E-state index contributed by atoms with van der Waals surface area (Å²) >= 11 is 0. The lowest BCUT2D eigenvalue weighted by Crippen LogP contribution is -2.10. The Hall–Kier alpha value is -0.870. The van der Waals surface area contributed by atoms with Gasteiger partial charge in [0.15, 0.2) is 0 Å². The summed E-state index contributed by atoms with van der Waals surface area (Å²) in [5.41, 5.74) is 0.176. The van der Waals surface area contributed by atoms with Gasteiger partial charge in [-0.2, -0.15) is 0 Å². The van der Waals surface area contributed by atoms with Crippen LogP contribution in [0.1, 0.15) is 27.2 Å². The number of carboxylic acid groups (broad SMARTS) is 1. The second-order valence-electron chi connectivity index (χ2n) is 3.01. The minimum atomic E-state index is -0.935. The van der Waals surface area contributed by atoms with E-state index in [0.29, 0.717) is 6.61 Å². The van der Waals surface area contributed by atoms with E-state index in [2.05, 4.69) is 6.58 Å². The summed E-state index contributed by atoms with van der Waals surface area (Å²) in [6, 6.07) is 0. The third-order valence-corrected chi connectivity index (χ3v) is 1.07. The molecular weight excluding hydrogens is 184 g/mol. The quantitative estimate of drug-likeness (QED) is 0.525. The summed E-state index contributed by atoms with van der Waals surface area (Å²) in [5.74, 6) is -0.935. The summed E-state index contributed by atoms with van der Waals surface area (Å²) in [4.78, 5) is 9.60. The number of hydrogen-bond donors (Lipinski definition) is 2. The number of hydrogen-bond acceptors (Lipinski definition) is 3. The maximum Gasteiger partial charge on any atom is 0.330 e. The van der Waals surface area contributed by atoms with Crippen LogP contribution in [0.2, 0.25) is 0 Å². The molecule has 0 rings (SSSR count). The van der Waals surface area contributed by atoms with Crippen molar-refractivity contribution < 1.29 is 19.7 Å². The van der Waals surface area contributed by atoms with E-state index >= 15 is 0 Å². The van der Waals surface area contributed by atoms with E-state index in [4.69, 9.17) is 14.9 Å². The van der Waals surface area contributed by atoms with Crippen LogP contribution >= 0.6 is 0 Å². The van der Waals surface area contributed by atoms with Crippen LogP contribution in [0.3, 0.4) is 0 Å². The number of aliphatic hydroxyl groups is 1. The van der Waals surface area contributed by atoms with Crippen LogP contribution in [-0.4, -0.2) is 35.5 Å². The molecule has 4 nitrogen and oxygen atoms in total. The molecule has 0 spiro atoms. The van der Waals surface area contributed by atoms with Crippen LogP contribution < -0.4 is 0 Å². The van der Waals surface area contributed by atoms with Gasteiger partial charge in [0.1, 0.15) is 0 Å². The second kappa shape index (κ2) is 10.2. The molecule has 1 atom stereocenters. The summed E-state index contributed by atoms with van der Waals surface area (Å²) in [6.45, 7) is 9.58. The molecule has 0 saturated carbocycles. The average Bonchev–Trinajstić information content (AvgIpc) is 2.05. The number of carboxylic acids is 1. The zero-order valence-corrected chi connectivity index (χ0v) is 9.12. The van der Waals surface area contributed by atoms with Crippen LogP contribution in [0.25, 0.3) is 0 Å². The van der Waals surface area contributed by atoms with E-state index in [1.807, 2.05) is 6.92 Å². The standard InChI is InChI=1S/C6H14O2.C4H6O2/c1-3-4-8-5-6(2)7;1-3(2)4(5)6/h6-7H,3-5H2,1-2H3;1H2,2H3,(H,5,6). The van der Waals surface area contributed by atoms with Gasteiger partial charge in [0.05, 0.1) is 12.7 Å². The average molecular weight is 204 g/mol. The van der Waals surface area contributed by atoms with Gasteiger partial charge in [0.25, 0.3) is 0 Å². The van der Waals surface area contributed by atoms with E-state index in [1.54, 1.807) is 6.92 Å². The Morgan fingerprint density at radius 1 is 1.57 bits per heavy atom. The minimum absolute atomic E-state index is 0.176. The lowest BCUT2D eigenvalue weighted by molar-refractivity contribution is -0.132. The Morgan fingerprint density at radius 3 is 2.21 bits per heavy atom. The molecule has 0 aromatic rings. The molecule has 0 aliphatic heterocycles. The number of rotatable bonds is 5. The first-order chi connectivity index (χ1) is 6.41. The van der Waals surface area contributed by atoms with Crippen molar-refractivity contribution >= 4 is 5.97 Å². The van der Waals surface area contributed by atoms with Crippen molar-refractivity contribution in [3.05, 3.63) is 12.2 Å². The predicted octanol–water partition coefficient (Wildman–Crippen LogP) is 1.44. The molecule has 84 valence electrons. The first-order valence-electron chi connectivity index (χ1n) is 4.56. The van der Waals surface area contributed by atoms with Crippen LogP contribution in [0.4, 0.5) is 0 Å². The Bertz CT molecular complexity index is 152. The van der Waals surface area contributed by atoms with Crippen molar-refractivity contribution in [2.45, 2.75) is 33.3 Å². The number of ether oxygens (including phenoxy) is 1. The summed E-state index contributed by atoms with van der Waals surface area (Å²) < 4.78 is 4.99. The van der Waals surface area contributed by atoms with Gasteiger partial charge >= 0.3 is 5.97 Å². The van der Waals surface area contributed by atoms with Crippen molar-refractivity contribution in [3.8, 4) is 0 Å². The van der Waals surface area contributed by atoms with Crippen LogP contribution in [0.15, 0.2) is 12.2 Å². The Balaban J connectivity index is 0. The highest BCUT2D eigenvalue weighted by Gasteiger charge is 1.91. The van der Waals surface area contributed by atoms with Gasteiger partial charge in [-0.25, -0.2) is 4.79 Å². The smallest absolute Gasteiger partial charge is 0.330 e. The molecule has 0 bridgehead atoms. The SMILES string of the molecule is C=C(C)C(=O)O.CCCOCC(C)O. The topological polar surface area (TPSA) is 66.8 Å². The summed E-state index contributed by atoms with van der Waals surface area (Å²) in [7, 11) is 0. The van der Waals surface area contributed by atoms with Gasteiger partial charge in [-0.3, -0.25) is 0 Å². The fourth-order valence-corrected chi connectivity index (χ4v) is 0.398. The molecule has 0 amide bonds. The first kappa shape index (κ1) is 15.6. The molecule has 0 aliphatic rings. The van der Waals surface area contributed by atoms with Gasteiger partial charge in [-0.05, 0) is 20.3 Å². The van der Waals surface area contributed by atoms with Gasteiger partial charge < -0.3 is 14.9 Å². The number of aliphatic hydroxyl groups excluding tert-OH is 1. The lowest BCUT2D eigenvalue weighted by atomic mass is 10.4. The molecule has 1 unspecified atom stereocenters. The molecule has 0 fully saturated rings. The maximum absolute atomic E-state index is 9.60. The molecule has 2 N–H and O–H groups in total. The minimum Gasteiger partial charge on any atom is -0.478 e. The van der Waals surface area contributed by atoms with E-state index in [1.165, 1.54) is 6.92 Å². The summed E-state index contributed by atoms with van der Waals surface area (Å²) in [5, 5.41) is 16.5. The lowest BCUT2D eigenvalue weighted by Gasteiger charge is -2.02. The normalized spacial score (nSPS) is 11.1. The molecule has 0 saturated heterocycles. The van der Waals surface area contributed by atoms with Gasteiger partial charge in [-0.1, -0.05) is 13.5 Å². The summed E-state index contributed by atoms with van der Waals surface area (Å²) in [6.07, 6.45) is 0.703. The zero-order valence-electron chi connectivity index (χ0n) is 9.12. The van der Waals surface area contributed by atoms with Crippen molar-refractivity contribution in [2.75, 3.05) is 13.2 Å². The third kappa shape index (κ3) is 17.3. The van der Waals surface area contributed by atoms with E-state index < -0.39 is 5.97 Å². The maximum atomic E-state index is 9.60. The largest absolute Gasteiger partial charge is 0.478 e. The highest BCUT2D eigenvalue weighted by atomic mass is 16.5. The van der Waals surface area contributed by atoms with Gasteiger partial charge in [-0.15, -0.1) is 0 Å². The predicted molar refractivity (Wildman–Crippen MR) is 55.2 cm³/mol. The monoisotopic (exact) mass is 204 g/mol. The number of aliphatic carboxylic acids is 1. The fraction of sp³-hybridized carbons (Fsp3) is 0.700. The highest BCUT2D eigenvalue weighted by Crippen LogP contribution is 1.83. The number of carbonyl (C=O) groups is 1. The van der Waals surface area contributed by atoms with Gasteiger partial charge in [0.2, 0.25) is 0 Å². The molecular formula is C10H20O4. The van der Waals surface area contributed by atoms with Crippen LogP contribution in [0, 0.1) is 0 Å². The highest BCUT2D eigenvalue weighted by molar-refractivity contribution is 5.84. The van der Waals surface area contributed by atoms with Crippen LogP contribution in [-0.2, 0) is 9.53 Å². The zero-order chi connectivity index (χ0) is 11.6. The van der Waals surface area contributed by atoms with E-state index in [0.717, 1.165) is 13.0 Å². The van der Waals surface area contributed by atoms with Crippen LogP contribution in [0.5, 0.6) is 0 Å². The van der Waals surface area contributed by atoms with E-state index in [9.17, 15) is 4.79 Å². The molecule has 4 heteroatoms. The van der Waals surface area contributed by atoms with Crippen molar-refractivity contribution in [3.63, 3.8) is 0 Å². The first-order valence-corrected chi connectivity index (χ1v) is 4.56. The molecule has 0 heterocycles. The van der Waals surface area contributed by atoms with Crippen molar-refractivity contribution in [1.82, 2.24) is 0 Å². The Morgan fingerprint density at radius 2 is 2.00 bits per heavy atom. The molecule has 0 radical (unpaired) electrons. The Kier molecular flexibility index (Phi) is 11.4. The molecule has 0 aromatic heterocycles.